The van der Waals surface area contributed by atoms with Crippen molar-refractivity contribution in [3.05, 3.63) is 46.7 Å². The second-order valence-corrected chi connectivity index (χ2v) is 9.74. The number of nitrogens with two attached hydrogens (primary N) is 2. The zero-order valence-electron chi connectivity index (χ0n) is 18.1. The quantitative estimate of drug-likeness (QED) is 0.541. The maximum absolute atomic E-state index is 12.9. The SMILES string of the molecule is COC[C@@H]1CN(c2ccc3c(n2)CC[C@H](NC(=O)c2sc4cnccc4c2N)C3)C[C@@H]1N. The van der Waals surface area contributed by atoms with E-state index in [0.717, 1.165) is 53.9 Å². The van der Waals surface area contributed by atoms with E-state index >= 15 is 0 Å². The summed E-state index contributed by atoms with van der Waals surface area (Å²) in [6.45, 7) is 2.33. The predicted octanol–water partition coefficient (Wildman–Crippen LogP) is 1.97. The van der Waals surface area contributed by atoms with Crippen LogP contribution in [0.25, 0.3) is 10.1 Å². The molecule has 32 heavy (non-hydrogen) atoms. The number of methoxy groups -OCH3 is 1. The fraction of sp³-hybridized carbons (Fsp3) is 0.435. The van der Waals surface area contributed by atoms with Crippen LogP contribution in [0.1, 0.15) is 27.3 Å². The number of nitrogens with zero attached hydrogens (tertiary/aromatic N) is 3. The third-order valence-corrected chi connectivity index (χ3v) is 7.67. The van der Waals surface area contributed by atoms with Gasteiger partial charge in [-0.15, -0.1) is 11.3 Å². The minimum atomic E-state index is -0.114. The number of hydrogen-bond acceptors (Lipinski definition) is 8. The molecule has 4 heterocycles. The Hall–Kier alpha value is -2.75. The van der Waals surface area contributed by atoms with Crippen LogP contribution in [0.15, 0.2) is 30.6 Å². The van der Waals surface area contributed by atoms with Crippen LogP contribution in [0.5, 0.6) is 0 Å². The second-order valence-electron chi connectivity index (χ2n) is 8.69. The van der Waals surface area contributed by atoms with E-state index in [4.69, 9.17) is 21.2 Å². The highest BCUT2D eigenvalue weighted by molar-refractivity contribution is 7.21. The minimum Gasteiger partial charge on any atom is -0.397 e. The average Bonchev–Trinajstić information content (AvgIpc) is 3.34. The number of pyridine rings is 2. The molecule has 0 aromatic carbocycles. The highest BCUT2D eigenvalue weighted by atomic mass is 32.1. The Morgan fingerprint density at radius 2 is 2.22 bits per heavy atom. The average molecular weight is 453 g/mol. The molecule has 8 nitrogen and oxygen atoms in total. The van der Waals surface area contributed by atoms with Crippen molar-refractivity contribution in [3.63, 3.8) is 0 Å². The van der Waals surface area contributed by atoms with Gasteiger partial charge < -0.3 is 26.4 Å². The molecule has 1 saturated heterocycles. The Labute approximate surface area is 191 Å². The van der Waals surface area contributed by atoms with Crippen LogP contribution in [-0.4, -0.2) is 54.8 Å². The Kier molecular flexibility index (Phi) is 5.71. The number of ether oxygens (including phenoxy) is 1. The fourth-order valence-electron chi connectivity index (χ4n) is 4.76. The van der Waals surface area contributed by atoms with Crippen molar-refractivity contribution >= 4 is 38.8 Å². The van der Waals surface area contributed by atoms with Gasteiger partial charge in [-0.3, -0.25) is 9.78 Å². The van der Waals surface area contributed by atoms with Crippen molar-refractivity contribution in [1.82, 2.24) is 15.3 Å². The van der Waals surface area contributed by atoms with Crippen LogP contribution in [-0.2, 0) is 17.6 Å². The van der Waals surface area contributed by atoms with Crippen molar-refractivity contribution in [2.45, 2.75) is 31.3 Å². The minimum absolute atomic E-state index is 0.0664. The summed E-state index contributed by atoms with van der Waals surface area (Å²) in [6.07, 6.45) is 5.90. The molecule has 0 radical (unpaired) electrons. The number of carbonyl (C=O) groups excluding carboxylic acids is 1. The van der Waals surface area contributed by atoms with Gasteiger partial charge in [-0.2, -0.15) is 0 Å². The zero-order valence-corrected chi connectivity index (χ0v) is 18.9. The number of thiophene rings is 1. The van der Waals surface area contributed by atoms with Gasteiger partial charge in [0.1, 0.15) is 10.7 Å². The number of rotatable bonds is 5. The molecular weight excluding hydrogens is 424 g/mol. The lowest BCUT2D eigenvalue weighted by molar-refractivity contribution is 0.0938. The molecule has 9 heteroatoms. The molecule has 1 amide bonds. The lowest BCUT2D eigenvalue weighted by Gasteiger charge is -2.26. The molecule has 1 fully saturated rings. The van der Waals surface area contributed by atoms with Crippen LogP contribution in [0.3, 0.4) is 0 Å². The standard InChI is InChI=1S/C23H28N6O2S/c1-31-12-14-10-29(11-17(14)24)20-5-2-13-8-15(3-4-18(13)28-20)27-23(30)22-21(25)16-6-7-26-9-19(16)32-22/h2,5-7,9,14-15,17H,3-4,8,10-12,24-25H2,1H3,(H,27,30)/t14-,15-,17-/m0/s1. The van der Waals surface area contributed by atoms with Crippen LogP contribution >= 0.6 is 11.3 Å². The van der Waals surface area contributed by atoms with Gasteiger partial charge in [-0.05, 0) is 37.0 Å². The summed E-state index contributed by atoms with van der Waals surface area (Å²) < 4.78 is 6.23. The summed E-state index contributed by atoms with van der Waals surface area (Å²) in [5.74, 6) is 1.19. The number of amides is 1. The lowest BCUT2D eigenvalue weighted by Crippen LogP contribution is -2.39. The first kappa shape index (κ1) is 21.1. The maximum atomic E-state index is 12.9. The first-order valence-electron chi connectivity index (χ1n) is 10.9. The number of carbonyl (C=O) groups is 1. The molecule has 2 aliphatic rings. The van der Waals surface area contributed by atoms with Crippen molar-refractivity contribution < 1.29 is 9.53 Å². The molecule has 3 aromatic heterocycles. The van der Waals surface area contributed by atoms with E-state index in [1.807, 2.05) is 6.07 Å². The Bertz CT molecular complexity index is 1150. The first-order chi connectivity index (χ1) is 15.5. The monoisotopic (exact) mass is 452 g/mol. The number of anilines is 2. The normalized spacial score (nSPS) is 22.8. The van der Waals surface area contributed by atoms with Crippen LogP contribution < -0.4 is 21.7 Å². The molecule has 3 atom stereocenters. The van der Waals surface area contributed by atoms with E-state index in [9.17, 15) is 4.79 Å². The van der Waals surface area contributed by atoms with E-state index < -0.39 is 0 Å². The van der Waals surface area contributed by atoms with E-state index in [-0.39, 0.29) is 18.0 Å². The van der Waals surface area contributed by atoms with Crippen molar-refractivity contribution in [3.8, 4) is 0 Å². The van der Waals surface area contributed by atoms with Gasteiger partial charge in [-0.1, -0.05) is 6.07 Å². The molecule has 3 aromatic rings. The zero-order chi connectivity index (χ0) is 22.2. The first-order valence-corrected chi connectivity index (χ1v) is 11.8. The molecule has 0 unspecified atom stereocenters. The summed E-state index contributed by atoms with van der Waals surface area (Å²) in [6, 6.07) is 6.23. The number of aryl methyl sites for hydroxylation is 1. The number of aromatic nitrogens is 2. The van der Waals surface area contributed by atoms with Crippen LogP contribution in [0.2, 0.25) is 0 Å². The number of nitrogen functional groups attached to an aromatic ring is 1. The van der Waals surface area contributed by atoms with E-state index in [1.54, 1.807) is 19.5 Å². The van der Waals surface area contributed by atoms with Crippen molar-refractivity contribution in [2.24, 2.45) is 11.7 Å². The van der Waals surface area contributed by atoms with Gasteiger partial charge in [0, 0.05) is 61.7 Å². The molecule has 5 N–H and O–H groups in total. The van der Waals surface area contributed by atoms with Gasteiger partial charge in [-0.25, -0.2) is 4.98 Å². The largest absolute Gasteiger partial charge is 0.397 e. The number of hydrogen-bond donors (Lipinski definition) is 3. The van der Waals surface area contributed by atoms with Gasteiger partial charge in [0.15, 0.2) is 0 Å². The van der Waals surface area contributed by atoms with Crippen molar-refractivity contribution in [1.29, 1.82) is 0 Å². The third kappa shape index (κ3) is 3.92. The van der Waals surface area contributed by atoms with Crippen molar-refractivity contribution in [2.75, 3.05) is 37.4 Å². The molecule has 0 spiro atoms. The van der Waals surface area contributed by atoms with Gasteiger partial charge in [0.2, 0.25) is 0 Å². The summed E-state index contributed by atoms with van der Waals surface area (Å²) in [5.41, 5.74) is 15.3. The smallest absolute Gasteiger partial charge is 0.263 e. The molecule has 1 aliphatic carbocycles. The van der Waals surface area contributed by atoms with E-state index in [0.29, 0.717) is 23.1 Å². The highest BCUT2D eigenvalue weighted by Gasteiger charge is 2.31. The van der Waals surface area contributed by atoms with Gasteiger partial charge in [0.25, 0.3) is 5.91 Å². The summed E-state index contributed by atoms with van der Waals surface area (Å²) in [4.78, 5) is 24.8. The van der Waals surface area contributed by atoms with E-state index in [2.05, 4.69) is 27.3 Å². The number of fused-ring (bicyclic) bond motifs is 2. The molecular formula is C23H28N6O2S. The molecule has 0 bridgehead atoms. The highest BCUT2D eigenvalue weighted by Crippen LogP contribution is 2.33. The Balaban J connectivity index is 1.26. The fourth-order valence-corrected chi connectivity index (χ4v) is 5.76. The summed E-state index contributed by atoms with van der Waals surface area (Å²) in [5, 5.41) is 4.06. The van der Waals surface area contributed by atoms with Crippen LogP contribution in [0, 0.1) is 5.92 Å². The molecule has 0 saturated carbocycles. The van der Waals surface area contributed by atoms with Gasteiger partial charge >= 0.3 is 0 Å². The lowest BCUT2D eigenvalue weighted by atomic mass is 9.91. The second kappa shape index (κ2) is 8.65. The molecule has 1 aliphatic heterocycles. The number of nitrogens with one attached hydrogen (secondary N) is 1. The Morgan fingerprint density at radius 1 is 1.34 bits per heavy atom. The topological polar surface area (TPSA) is 119 Å². The van der Waals surface area contributed by atoms with Crippen LogP contribution in [0.4, 0.5) is 11.5 Å². The predicted molar refractivity (Wildman–Crippen MR) is 127 cm³/mol. The molecule has 168 valence electrons. The maximum Gasteiger partial charge on any atom is 0.263 e. The summed E-state index contributed by atoms with van der Waals surface area (Å²) >= 11 is 1.39. The Morgan fingerprint density at radius 3 is 3.03 bits per heavy atom. The summed E-state index contributed by atoms with van der Waals surface area (Å²) in [7, 11) is 1.72. The molecule has 5 rings (SSSR count). The van der Waals surface area contributed by atoms with Gasteiger partial charge in [0.05, 0.1) is 17.0 Å². The third-order valence-electron chi connectivity index (χ3n) is 6.52. The van der Waals surface area contributed by atoms with E-state index in [1.165, 1.54) is 16.9 Å².